The molecule has 5 heteroatoms. The van der Waals surface area contributed by atoms with E-state index in [0.29, 0.717) is 24.8 Å². The Morgan fingerprint density at radius 1 is 0.733 bits per heavy atom. The highest BCUT2D eigenvalue weighted by Gasteiger charge is 2.03. The van der Waals surface area contributed by atoms with E-state index in [4.69, 9.17) is 14.2 Å². The molecule has 0 aliphatic heterocycles. The van der Waals surface area contributed by atoms with Gasteiger partial charge in [0.05, 0.1) is 19.0 Å². The zero-order valence-corrected chi connectivity index (χ0v) is 18.5. The van der Waals surface area contributed by atoms with Crippen molar-refractivity contribution in [2.75, 3.05) is 26.4 Å². The van der Waals surface area contributed by atoms with Crippen molar-refractivity contribution in [2.24, 2.45) is 0 Å². The zero-order valence-electron chi connectivity index (χ0n) is 18.5. The summed E-state index contributed by atoms with van der Waals surface area (Å²) in [5, 5.41) is 0. The predicted octanol–water partition coefficient (Wildman–Crippen LogP) is 6.24. The van der Waals surface area contributed by atoms with Crippen LogP contribution in [0.15, 0.2) is 48.8 Å². The number of hydrogen-bond donors (Lipinski definition) is 0. The number of rotatable bonds is 16. The van der Waals surface area contributed by atoms with Gasteiger partial charge in [0.2, 0.25) is 0 Å². The summed E-state index contributed by atoms with van der Waals surface area (Å²) >= 11 is 0. The molecule has 1 heterocycles. The molecule has 0 fully saturated rings. The van der Waals surface area contributed by atoms with Crippen LogP contribution in [0.3, 0.4) is 0 Å². The van der Waals surface area contributed by atoms with Gasteiger partial charge in [0.25, 0.3) is 0 Å². The van der Waals surface area contributed by atoms with Crippen LogP contribution in [-0.2, 0) is 4.74 Å². The SMILES string of the molecule is CCC/C=C/COc1ccc(-c2ncc(OCCCCOCCCCC)cn2)cc1. The first-order chi connectivity index (χ1) is 14.8. The Labute approximate surface area is 181 Å². The molecule has 0 radical (unpaired) electrons. The molecule has 0 unspecified atom stereocenters. The van der Waals surface area contributed by atoms with E-state index in [-0.39, 0.29) is 0 Å². The van der Waals surface area contributed by atoms with E-state index in [1.807, 2.05) is 24.3 Å². The molecule has 0 N–H and O–H groups in total. The molecule has 1 aromatic carbocycles. The summed E-state index contributed by atoms with van der Waals surface area (Å²) in [6.45, 7) is 7.28. The van der Waals surface area contributed by atoms with E-state index in [0.717, 1.165) is 56.6 Å². The van der Waals surface area contributed by atoms with Crippen LogP contribution in [0.25, 0.3) is 11.4 Å². The number of allylic oxidation sites excluding steroid dienone is 1. The Morgan fingerprint density at radius 3 is 2.13 bits per heavy atom. The molecule has 0 amide bonds. The fraction of sp³-hybridized carbons (Fsp3) is 0.520. The molecule has 5 nitrogen and oxygen atoms in total. The largest absolute Gasteiger partial charge is 0.490 e. The number of nitrogens with zero attached hydrogens (tertiary/aromatic N) is 2. The lowest BCUT2D eigenvalue weighted by Crippen LogP contribution is -2.02. The highest BCUT2D eigenvalue weighted by Crippen LogP contribution is 2.20. The molecule has 164 valence electrons. The van der Waals surface area contributed by atoms with Gasteiger partial charge in [-0.15, -0.1) is 0 Å². The van der Waals surface area contributed by atoms with Gasteiger partial charge in [-0.25, -0.2) is 9.97 Å². The average Bonchev–Trinajstić information content (AvgIpc) is 2.79. The maximum atomic E-state index is 5.73. The molecular formula is C25H36N2O3. The minimum absolute atomic E-state index is 0.590. The summed E-state index contributed by atoms with van der Waals surface area (Å²) in [5.74, 6) is 2.22. The molecule has 0 saturated heterocycles. The third-order valence-corrected chi connectivity index (χ3v) is 4.55. The molecule has 0 atom stereocenters. The number of aromatic nitrogens is 2. The Balaban J connectivity index is 1.66. The third-order valence-electron chi connectivity index (χ3n) is 4.55. The highest BCUT2D eigenvalue weighted by atomic mass is 16.5. The van der Waals surface area contributed by atoms with Gasteiger partial charge in [0, 0.05) is 18.8 Å². The van der Waals surface area contributed by atoms with Crippen molar-refractivity contribution in [3.05, 3.63) is 48.8 Å². The molecule has 0 spiro atoms. The van der Waals surface area contributed by atoms with Crippen LogP contribution >= 0.6 is 0 Å². The summed E-state index contributed by atoms with van der Waals surface area (Å²) in [7, 11) is 0. The lowest BCUT2D eigenvalue weighted by Gasteiger charge is -2.07. The topological polar surface area (TPSA) is 53.5 Å². The second kappa shape index (κ2) is 15.4. The van der Waals surface area contributed by atoms with Crippen molar-refractivity contribution in [2.45, 2.75) is 58.8 Å². The Kier molecular flexibility index (Phi) is 12.3. The number of hydrogen-bond acceptors (Lipinski definition) is 5. The van der Waals surface area contributed by atoms with Crippen molar-refractivity contribution in [3.63, 3.8) is 0 Å². The first kappa shape index (κ1) is 23.9. The Morgan fingerprint density at radius 2 is 1.43 bits per heavy atom. The molecule has 0 bridgehead atoms. The van der Waals surface area contributed by atoms with E-state index < -0.39 is 0 Å². The van der Waals surface area contributed by atoms with E-state index in [1.54, 1.807) is 12.4 Å². The van der Waals surface area contributed by atoms with Gasteiger partial charge < -0.3 is 14.2 Å². The first-order valence-corrected chi connectivity index (χ1v) is 11.2. The summed E-state index contributed by atoms with van der Waals surface area (Å²) in [4.78, 5) is 8.84. The molecule has 0 aliphatic carbocycles. The van der Waals surface area contributed by atoms with Gasteiger partial charge in [-0.3, -0.25) is 0 Å². The molecule has 0 aliphatic rings. The van der Waals surface area contributed by atoms with Crippen LogP contribution < -0.4 is 9.47 Å². The quantitative estimate of drug-likeness (QED) is 0.241. The van der Waals surface area contributed by atoms with Gasteiger partial charge in [-0.2, -0.15) is 0 Å². The molecule has 30 heavy (non-hydrogen) atoms. The van der Waals surface area contributed by atoms with Crippen LogP contribution in [0.1, 0.15) is 58.8 Å². The van der Waals surface area contributed by atoms with Crippen molar-refractivity contribution >= 4 is 0 Å². The normalized spacial score (nSPS) is 11.1. The standard InChI is InChI=1S/C25H36N2O3/c1-3-5-7-9-18-29-23-14-12-22(13-15-23)25-26-20-24(21-27-25)30-19-11-10-17-28-16-8-6-4-2/h7,9,12-15,20-21H,3-6,8,10-11,16-19H2,1-2H3/b9-7+. The number of ether oxygens (including phenoxy) is 3. The fourth-order valence-electron chi connectivity index (χ4n) is 2.79. The van der Waals surface area contributed by atoms with Gasteiger partial charge >= 0.3 is 0 Å². The van der Waals surface area contributed by atoms with E-state index in [1.165, 1.54) is 12.8 Å². The number of unbranched alkanes of at least 4 members (excludes halogenated alkanes) is 4. The summed E-state index contributed by atoms with van der Waals surface area (Å²) in [5.41, 5.74) is 0.954. The second-order valence-corrected chi connectivity index (χ2v) is 7.21. The fourth-order valence-corrected chi connectivity index (χ4v) is 2.79. The summed E-state index contributed by atoms with van der Waals surface area (Å²) in [6, 6.07) is 7.84. The molecule has 1 aromatic heterocycles. The maximum Gasteiger partial charge on any atom is 0.159 e. The molecule has 0 saturated carbocycles. The van der Waals surface area contributed by atoms with Crippen LogP contribution in [0.5, 0.6) is 11.5 Å². The monoisotopic (exact) mass is 412 g/mol. The van der Waals surface area contributed by atoms with Gasteiger partial charge in [0.1, 0.15) is 12.4 Å². The smallest absolute Gasteiger partial charge is 0.159 e. The molecule has 2 rings (SSSR count). The van der Waals surface area contributed by atoms with E-state index in [2.05, 4.69) is 36.0 Å². The predicted molar refractivity (Wildman–Crippen MR) is 122 cm³/mol. The van der Waals surface area contributed by atoms with Gasteiger partial charge in [-0.05, 0) is 49.9 Å². The molecule has 2 aromatic rings. The lowest BCUT2D eigenvalue weighted by molar-refractivity contribution is 0.122. The first-order valence-electron chi connectivity index (χ1n) is 11.2. The number of benzene rings is 1. The Bertz CT molecular complexity index is 699. The van der Waals surface area contributed by atoms with Crippen molar-refractivity contribution in [1.82, 2.24) is 9.97 Å². The van der Waals surface area contributed by atoms with Crippen molar-refractivity contribution < 1.29 is 14.2 Å². The van der Waals surface area contributed by atoms with Crippen molar-refractivity contribution in [3.8, 4) is 22.9 Å². The van der Waals surface area contributed by atoms with Crippen LogP contribution in [0, 0.1) is 0 Å². The third kappa shape index (κ3) is 9.88. The van der Waals surface area contributed by atoms with Gasteiger partial charge in [-0.1, -0.05) is 45.3 Å². The minimum atomic E-state index is 0.590. The summed E-state index contributed by atoms with van der Waals surface area (Å²) in [6.07, 6.45) is 15.5. The van der Waals surface area contributed by atoms with Crippen molar-refractivity contribution in [1.29, 1.82) is 0 Å². The van der Waals surface area contributed by atoms with E-state index >= 15 is 0 Å². The zero-order chi connectivity index (χ0) is 21.3. The maximum absolute atomic E-state index is 5.73. The molecular weight excluding hydrogens is 376 g/mol. The Hall–Kier alpha value is -2.40. The van der Waals surface area contributed by atoms with Crippen LogP contribution in [0.2, 0.25) is 0 Å². The van der Waals surface area contributed by atoms with E-state index in [9.17, 15) is 0 Å². The highest BCUT2D eigenvalue weighted by molar-refractivity contribution is 5.56. The van der Waals surface area contributed by atoms with Crippen LogP contribution in [0.4, 0.5) is 0 Å². The van der Waals surface area contributed by atoms with Gasteiger partial charge in [0.15, 0.2) is 11.6 Å². The minimum Gasteiger partial charge on any atom is -0.490 e. The summed E-state index contributed by atoms with van der Waals surface area (Å²) < 4.78 is 17.0. The van der Waals surface area contributed by atoms with Crippen LogP contribution in [-0.4, -0.2) is 36.4 Å². The second-order valence-electron chi connectivity index (χ2n) is 7.21. The lowest BCUT2D eigenvalue weighted by atomic mass is 10.2. The average molecular weight is 413 g/mol.